The van der Waals surface area contributed by atoms with Crippen molar-refractivity contribution in [1.82, 2.24) is 5.16 Å². The maximum Gasteiger partial charge on any atom is 0.338 e. The van der Waals surface area contributed by atoms with Gasteiger partial charge in [-0.15, -0.1) is 0 Å². The highest BCUT2D eigenvalue weighted by atomic mass is 19.1. The Morgan fingerprint density at radius 2 is 1.75 bits per heavy atom. The summed E-state index contributed by atoms with van der Waals surface area (Å²) in [6.45, 7) is 3.79. The van der Waals surface area contributed by atoms with Gasteiger partial charge in [-0.25, -0.2) is 9.18 Å². The summed E-state index contributed by atoms with van der Waals surface area (Å²) in [6, 6.07) is 13.1. The number of benzene rings is 2. The van der Waals surface area contributed by atoms with Crippen molar-refractivity contribution in [2.45, 2.75) is 20.5 Å². The average molecular weight is 325 g/mol. The molecule has 0 N–H and O–H groups in total. The molecule has 0 saturated carbocycles. The number of carbonyl (C=O) groups is 1. The fourth-order valence-electron chi connectivity index (χ4n) is 2.28. The molecule has 0 saturated heterocycles. The molecule has 0 amide bonds. The monoisotopic (exact) mass is 325 g/mol. The number of halogens is 1. The van der Waals surface area contributed by atoms with Crippen molar-refractivity contribution in [1.29, 1.82) is 0 Å². The molecule has 0 unspecified atom stereocenters. The van der Waals surface area contributed by atoms with Crippen LogP contribution in [0.1, 0.15) is 27.2 Å². The van der Waals surface area contributed by atoms with Gasteiger partial charge in [-0.2, -0.15) is 0 Å². The molecular formula is C19H16FNO3. The molecule has 1 aromatic heterocycles. The topological polar surface area (TPSA) is 52.3 Å². The number of hydrogen-bond acceptors (Lipinski definition) is 4. The fourth-order valence-corrected chi connectivity index (χ4v) is 2.28. The molecule has 3 aromatic rings. The first-order chi connectivity index (χ1) is 11.5. The molecular weight excluding hydrogens is 309 g/mol. The maximum atomic E-state index is 13.0. The Bertz CT molecular complexity index is 851. The summed E-state index contributed by atoms with van der Waals surface area (Å²) in [6.07, 6.45) is 0. The number of nitrogens with zero attached hydrogens (tertiary/aromatic N) is 1. The highest BCUT2D eigenvalue weighted by molar-refractivity contribution is 5.89. The summed E-state index contributed by atoms with van der Waals surface area (Å²) in [4.78, 5) is 12.0. The van der Waals surface area contributed by atoms with Crippen LogP contribution in [0, 0.1) is 19.7 Å². The van der Waals surface area contributed by atoms with Gasteiger partial charge in [-0.1, -0.05) is 22.9 Å². The van der Waals surface area contributed by atoms with Crippen molar-refractivity contribution in [2.75, 3.05) is 0 Å². The average Bonchev–Trinajstić information content (AvgIpc) is 2.95. The van der Waals surface area contributed by atoms with Gasteiger partial charge in [0.1, 0.15) is 18.1 Å². The lowest BCUT2D eigenvalue weighted by Crippen LogP contribution is -2.06. The molecule has 0 fully saturated rings. The predicted octanol–water partition coefficient (Wildman–Crippen LogP) is 4.45. The van der Waals surface area contributed by atoms with Crippen LogP contribution in [0.25, 0.3) is 11.3 Å². The van der Waals surface area contributed by atoms with Gasteiger partial charge in [0, 0.05) is 11.1 Å². The van der Waals surface area contributed by atoms with E-state index in [0.29, 0.717) is 17.0 Å². The van der Waals surface area contributed by atoms with Gasteiger partial charge in [-0.05, 0) is 50.2 Å². The van der Waals surface area contributed by atoms with Gasteiger partial charge in [0.15, 0.2) is 5.76 Å². The summed E-state index contributed by atoms with van der Waals surface area (Å²) >= 11 is 0. The van der Waals surface area contributed by atoms with Gasteiger partial charge in [0.2, 0.25) is 0 Å². The van der Waals surface area contributed by atoms with Crippen LogP contribution < -0.4 is 0 Å². The van der Waals surface area contributed by atoms with Gasteiger partial charge < -0.3 is 9.26 Å². The van der Waals surface area contributed by atoms with Crippen molar-refractivity contribution in [2.24, 2.45) is 0 Å². The Hall–Kier alpha value is -2.95. The Balaban J connectivity index is 1.71. The molecule has 1 heterocycles. The van der Waals surface area contributed by atoms with Crippen LogP contribution in [0.3, 0.4) is 0 Å². The second-order valence-corrected chi connectivity index (χ2v) is 5.53. The minimum absolute atomic E-state index is 0.0171. The molecule has 0 aliphatic rings. The summed E-state index contributed by atoms with van der Waals surface area (Å²) in [5.74, 6) is -0.194. The summed E-state index contributed by atoms with van der Waals surface area (Å²) in [7, 11) is 0. The van der Waals surface area contributed by atoms with E-state index in [4.69, 9.17) is 9.26 Å². The minimum Gasteiger partial charge on any atom is -0.455 e. The van der Waals surface area contributed by atoms with Crippen LogP contribution in [-0.4, -0.2) is 11.1 Å². The second-order valence-electron chi connectivity index (χ2n) is 5.53. The fraction of sp³-hybridized carbons (Fsp3) is 0.158. The number of ether oxygens (including phenoxy) is 1. The standard InChI is InChI=1S/C19H16FNO3/c1-12-3-5-15(6-4-12)19(22)23-11-17-13(2)18(24-21-17)14-7-9-16(20)10-8-14/h3-10H,11H2,1-2H3. The van der Waals surface area contributed by atoms with Crippen LogP contribution in [0.5, 0.6) is 0 Å². The molecule has 3 rings (SSSR count). The van der Waals surface area contributed by atoms with E-state index in [9.17, 15) is 9.18 Å². The predicted molar refractivity (Wildman–Crippen MR) is 86.9 cm³/mol. The van der Waals surface area contributed by atoms with Crippen molar-refractivity contribution in [3.63, 3.8) is 0 Å². The molecule has 0 aliphatic heterocycles. The molecule has 4 nitrogen and oxygen atoms in total. The molecule has 2 aromatic carbocycles. The van der Waals surface area contributed by atoms with Crippen LogP contribution in [0.2, 0.25) is 0 Å². The van der Waals surface area contributed by atoms with E-state index in [1.54, 1.807) is 24.3 Å². The normalized spacial score (nSPS) is 10.6. The van der Waals surface area contributed by atoms with Crippen LogP contribution in [0.4, 0.5) is 4.39 Å². The lowest BCUT2D eigenvalue weighted by molar-refractivity contribution is 0.0464. The maximum absolute atomic E-state index is 13.0. The third-order valence-corrected chi connectivity index (χ3v) is 3.75. The molecule has 0 bridgehead atoms. The number of rotatable bonds is 4. The lowest BCUT2D eigenvalue weighted by Gasteiger charge is -2.04. The third kappa shape index (κ3) is 3.35. The number of hydrogen-bond donors (Lipinski definition) is 0. The van der Waals surface area contributed by atoms with Gasteiger partial charge >= 0.3 is 5.97 Å². The van der Waals surface area contributed by atoms with E-state index in [1.807, 2.05) is 26.0 Å². The SMILES string of the molecule is Cc1ccc(C(=O)OCc2noc(-c3ccc(F)cc3)c2C)cc1. The van der Waals surface area contributed by atoms with E-state index >= 15 is 0 Å². The van der Waals surface area contributed by atoms with E-state index in [-0.39, 0.29) is 12.4 Å². The number of carbonyl (C=O) groups excluding carboxylic acids is 1. The lowest BCUT2D eigenvalue weighted by atomic mass is 10.1. The first-order valence-corrected chi connectivity index (χ1v) is 7.49. The highest BCUT2D eigenvalue weighted by Gasteiger charge is 2.16. The van der Waals surface area contributed by atoms with E-state index in [0.717, 1.165) is 16.7 Å². The first-order valence-electron chi connectivity index (χ1n) is 7.49. The molecule has 24 heavy (non-hydrogen) atoms. The summed E-state index contributed by atoms with van der Waals surface area (Å²) < 4.78 is 23.6. The largest absolute Gasteiger partial charge is 0.455 e. The zero-order chi connectivity index (χ0) is 17.1. The Labute approximate surface area is 138 Å². The molecule has 5 heteroatoms. The van der Waals surface area contributed by atoms with E-state index in [1.165, 1.54) is 12.1 Å². The van der Waals surface area contributed by atoms with Crippen molar-refractivity contribution >= 4 is 5.97 Å². The summed E-state index contributed by atoms with van der Waals surface area (Å²) in [5, 5.41) is 3.95. The number of aryl methyl sites for hydroxylation is 1. The zero-order valence-corrected chi connectivity index (χ0v) is 13.4. The van der Waals surface area contributed by atoms with Crippen LogP contribution in [-0.2, 0) is 11.3 Å². The first kappa shape index (κ1) is 15.9. The van der Waals surface area contributed by atoms with Crippen molar-refractivity contribution in [3.05, 3.63) is 76.7 Å². The Morgan fingerprint density at radius 3 is 2.42 bits per heavy atom. The van der Waals surface area contributed by atoms with Gasteiger partial charge in [0.25, 0.3) is 0 Å². The molecule has 0 atom stereocenters. The third-order valence-electron chi connectivity index (χ3n) is 3.75. The summed E-state index contributed by atoms with van der Waals surface area (Å²) in [5.41, 5.74) is 3.58. The Morgan fingerprint density at radius 1 is 1.08 bits per heavy atom. The van der Waals surface area contributed by atoms with Gasteiger partial charge in [0.05, 0.1) is 5.56 Å². The minimum atomic E-state index is -0.416. The quantitative estimate of drug-likeness (QED) is 0.665. The Kier molecular flexibility index (Phi) is 4.42. The zero-order valence-electron chi connectivity index (χ0n) is 13.4. The van der Waals surface area contributed by atoms with Gasteiger partial charge in [-0.3, -0.25) is 0 Å². The second kappa shape index (κ2) is 6.66. The van der Waals surface area contributed by atoms with E-state index in [2.05, 4.69) is 5.16 Å². The number of esters is 1. The molecule has 0 aliphatic carbocycles. The van der Waals surface area contributed by atoms with Crippen LogP contribution in [0.15, 0.2) is 53.1 Å². The smallest absolute Gasteiger partial charge is 0.338 e. The molecule has 0 spiro atoms. The van der Waals surface area contributed by atoms with Crippen LogP contribution >= 0.6 is 0 Å². The highest BCUT2D eigenvalue weighted by Crippen LogP contribution is 2.26. The molecule has 122 valence electrons. The number of aromatic nitrogens is 1. The molecule has 0 radical (unpaired) electrons. The van der Waals surface area contributed by atoms with Crippen molar-refractivity contribution in [3.8, 4) is 11.3 Å². The van der Waals surface area contributed by atoms with Crippen molar-refractivity contribution < 1.29 is 18.4 Å². The van der Waals surface area contributed by atoms with E-state index < -0.39 is 5.97 Å².